The van der Waals surface area contributed by atoms with Crippen molar-refractivity contribution in [2.45, 2.75) is 32.2 Å². The normalized spacial score (nSPS) is 14.0. The Balaban J connectivity index is 1.98. The van der Waals surface area contributed by atoms with Crippen molar-refractivity contribution in [3.63, 3.8) is 0 Å². The summed E-state index contributed by atoms with van der Waals surface area (Å²) in [6.07, 6.45) is 3.17. The fourth-order valence-electron chi connectivity index (χ4n) is 2.09. The minimum atomic E-state index is -1.04. The van der Waals surface area contributed by atoms with Crippen LogP contribution in [0, 0.1) is 0 Å². The Morgan fingerprint density at radius 3 is 2.57 bits per heavy atom. The predicted molar refractivity (Wildman–Crippen MR) is 80.5 cm³/mol. The highest BCUT2D eigenvalue weighted by atomic mass is 16.4. The van der Waals surface area contributed by atoms with Crippen LogP contribution < -0.4 is 5.32 Å². The maximum Gasteiger partial charge on any atom is 0.354 e. The van der Waals surface area contributed by atoms with Gasteiger partial charge >= 0.3 is 5.97 Å². The third-order valence-electron chi connectivity index (χ3n) is 3.50. The van der Waals surface area contributed by atoms with Crippen LogP contribution in [0.25, 0.3) is 11.4 Å². The summed E-state index contributed by atoms with van der Waals surface area (Å²) in [6, 6.07) is 9.79. The van der Waals surface area contributed by atoms with Gasteiger partial charge in [0.05, 0.1) is 0 Å². The van der Waals surface area contributed by atoms with Crippen molar-refractivity contribution < 1.29 is 9.90 Å². The van der Waals surface area contributed by atoms with Crippen LogP contribution in [0.3, 0.4) is 0 Å². The van der Waals surface area contributed by atoms with E-state index in [4.69, 9.17) is 0 Å². The Kier molecular flexibility index (Phi) is 3.56. The minimum Gasteiger partial charge on any atom is -0.477 e. The summed E-state index contributed by atoms with van der Waals surface area (Å²) in [5, 5.41) is 12.4. The smallest absolute Gasteiger partial charge is 0.354 e. The lowest BCUT2D eigenvalue weighted by Crippen LogP contribution is -2.09. The Labute approximate surface area is 123 Å². The van der Waals surface area contributed by atoms with E-state index in [-0.39, 0.29) is 5.69 Å². The number of carboxylic acid groups (broad SMARTS) is 1. The number of benzene rings is 1. The molecule has 1 aromatic heterocycles. The fraction of sp³-hybridized carbons (Fsp3) is 0.312. The van der Waals surface area contributed by atoms with E-state index in [1.54, 1.807) is 0 Å². The molecule has 0 atom stereocenters. The molecule has 1 heterocycles. The second-order valence-electron chi connectivity index (χ2n) is 5.24. The topological polar surface area (TPSA) is 75.1 Å². The maximum absolute atomic E-state index is 11.2. The zero-order valence-electron chi connectivity index (χ0n) is 11.8. The highest BCUT2D eigenvalue weighted by Gasteiger charge is 2.22. The number of nitrogens with zero attached hydrogens (tertiary/aromatic N) is 2. The van der Waals surface area contributed by atoms with Crippen LogP contribution in [0.15, 0.2) is 30.3 Å². The third kappa shape index (κ3) is 3.18. The van der Waals surface area contributed by atoms with Crippen molar-refractivity contribution in [3.8, 4) is 11.4 Å². The molecule has 0 bridgehead atoms. The summed E-state index contributed by atoms with van der Waals surface area (Å²) < 4.78 is 0. The van der Waals surface area contributed by atoms with Crippen molar-refractivity contribution in [1.29, 1.82) is 0 Å². The van der Waals surface area contributed by atoms with E-state index >= 15 is 0 Å². The molecule has 1 fully saturated rings. The Hall–Kier alpha value is -2.43. The molecule has 1 aliphatic carbocycles. The number of aryl methyl sites for hydroxylation is 1. The summed E-state index contributed by atoms with van der Waals surface area (Å²) in [7, 11) is 0. The van der Waals surface area contributed by atoms with Gasteiger partial charge < -0.3 is 10.4 Å². The zero-order chi connectivity index (χ0) is 14.8. The number of carbonyl (C=O) groups is 1. The first-order valence-electron chi connectivity index (χ1n) is 7.14. The molecule has 5 nitrogen and oxygen atoms in total. The van der Waals surface area contributed by atoms with Gasteiger partial charge in [-0.1, -0.05) is 31.2 Å². The molecule has 1 saturated carbocycles. The Bertz CT molecular complexity index is 664. The highest BCUT2D eigenvalue weighted by Crippen LogP contribution is 2.25. The highest BCUT2D eigenvalue weighted by molar-refractivity contribution is 5.87. The van der Waals surface area contributed by atoms with Crippen LogP contribution in [0.5, 0.6) is 0 Å². The van der Waals surface area contributed by atoms with Crippen molar-refractivity contribution in [2.24, 2.45) is 0 Å². The molecule has 108 valence electrons. The van der Waals surface area contributed by atoms with E-state index in [2.05, 4.69) is 22.2 Å². The van der Waals surface area contributed by atoms with Crippen LogP contribution in [0.2, 0.25) is 0 Å². The van der Waals surface area contributed by atoms with Gasteiger partial charge in [0.2, 0.25) is 0 Å². The summed E-state index contributed by atoms with van der Waals surface area (Å²) in [5.74, 6) is -0.0113. The first-order valence-corrected chi connectivity index (χ1v) is 7.14. The van der Waals surface area contributed by atoms with Gasteiger partial charge in [-0.15, -0.1) is 0 Å². The molecule has 21 heavy (non-hydrogen) atoms. The number of anilines is 1. The Morgan fingerprint density at radius 1 is 1.29 bits per heavy atom. The lowest BCUT2D eigenvalue weighted by atomic mass is 10.1. The molecule has 0 amide bonds. The lowest BCUT2D eigenvalue weighted by molar-refractivity contribution is 0.0690. The van der Waals surface area contributed by atoms with E-state index in [1.807, 2.05) is 24.3 Å². The number of aromatic nitrogens is 2. The van der Waals surface area contributed by atoms with Crippen LogP contribution in [0.1, 0.15) is 35.8 Å². The largest absolute Gasteiger partial charge is 0.477 e. The molecule has 0 saturated heterocycles. The van der Waals surface area contributed by atoms with E-state index in [0.29, 0.717) is 17.7 Å². The van der Waals surface area contributed by atoms with Crippen molar-refractivity contribution in [3.05, 3.63) is 41.6 Å². The fourth-order valence-corrected chi connectivity index (χ4v) is 2.09. The number of nitrogens with one attached hydrogen (secondary N) is 1. The number of carboxylic acids is 1. The van der Waals surface area contributed by atoms with Gasteiger partial charge in [0.1, 0.15) is 5.82 Å². The molecule has 2 N–H and O–H groups in total. The van der Waals surface area contributed by atoms with Gasteiger partial charge in [-0.05, 0) is 24.8 Å². The first-order chi connectivity index (χ1) is 10.2. The van der Waals surface area contributed by atoms with E-state index in [1.165, 1.54) is 11.6 Å². The minimum absolute atomic E-state index is 0.0164. The summed E-state index contributed by atoms with van der Waals surface area (Å²) in [5.41, 5.74) is 2.07. The zero-order valence-corrected chi connectivity index (χ0v) is 11.8. The Morgan fingerprint density at radius 2 is 2.00 bits per heavy atom. The lowest BCUT2D eigenvalue weighted by Gasteiger charge is -2.08. The first kappa shape index (κ1) is 13.5. The predicted octanol–water partition coefficient (Wildman–Crippen LogP) is 2.98. The summed E-state index contributed by atoms with van der Waals surface area (Å²) in [6.45, 7) is 2.09. The quantitative estimate of drug-likeness (QED) is 0.882. The van der Waals surface area contributed by atoms with E-state index in [9.17, 15) is 9.90 Å². The second kappa shape index (κ2) is 5.52. The molecular weight excluding hydrogens is 266 g/mol. The molecule has 1 aromatic carbocycles. The molecule has 0 aliphatic heterocycles. The average Bonchev–Trinajstić information content (AvgIpc) is 3.31. The molecule has 0 radical (unpaired) electrons. The number of aromatic carboxylic acids is 1. The summed E-state index contributed by atoms with van der Waals surface area (Å²) >= 11 is 0. The standard InChI is InChI=1S/C16H17N3O2/c1-2-10-3-5-11(6-4-10)15-18-13(16(20)21)9-14(19-15)17-12-7-8-12/h3-6,9,12H,2,7-8H2,1H3,(H,20,21)(H,17,18,19). The number of hydrogen-bond donors (Lipinski definition) is 2. The maximum atomic E-state index is 11.2. The molecule has 1 aliphatic rings. The van der Waals surface area contributed by atoms with Crippen LogP contribution in [0.4, 0.5) is 5.82 Å². The van der Waals surface area contributed by atoms with Crippen LogP contribution in [-0.4, -0.2) is 27.1 Å². The number of hydrogen-bond acceptors (Lipinski definition) is 4. The molecular formula is C16H17N3O2. The van der Waals surface area contributed by atoms with Gasteiger partial charge in [0, 0.05) is 17.7 Å². The van der Waals surface area contributed by atoms with E-state index < -0.39 is 5.97 Å². The molecule has 0 unspecified atom stereocenters. The SMILES string of the molecule is CCc1ccc(-c2nc(NC3CC3)cc(C(=O)O)n2)cc1. The second-order valence-corrected chi connectivity index (χ2v) is 5.24. The molecule has 5 heteroatoms. The van der Waals surface area contributed by atoms with Crippen molar-refractivity contribution in [1.82, 2.24) is 9.97 Å². The number of rotatable bonds is 5. The van der Waals surface area contributed by atoms with Gasteiger partial charge in [0.25, 0.3) is 0 Å². The molecule has 2 aromatic rings. The monoisotopic (exact) mass is 283 g/mol. The van der Waals surface area contributed by atoms with Gasteiger partial charge in [-0.25, -0.2) is 14.8 Å². The van der Waals surface area contributed by atoms with Crippen molar-refractivity contribution in [2.75, 3.05) is 5.32 Å². The van der Waals surface area contributed by atoms with Crippen LogP contribution >= 0.6 is 0 Å². The molecule has 0 spiro atoms. The van der Waals surface area contributed by atoms with Crippen LogP contribution in [-0.2, 0) is 6.42 Å². The average molecular weight is 283 g/mol. The molecule has 3 rings (SSSR count). The summed E-state index contributed by atoms with van der Waals surface area (Å²) in [4.78, 5) is 19.8. The third-order valence-corrected chi connectivity index (χ3v) is 3.50. The van der Waals surface area contributed by atoms with Crippen molar-refractivity contribution >= 4 is 11.8 Å². The van der Waals surface area contributed by atoms with E-state index in [0.717, 1.165) is 24.8 Å². The van der Waals surface area contributed by atoms with Gasteiger partial charge in [0.15, 0.2) is 11.5 Å². The van der Waals surface area contributed by atoms with Gasteiger partial charge in [-0.3, -0.25) is 0 Å². The van der Waals surface area contributed by atoms with Gasteiger partial charge in [-0.2, -0.15) is 0 Å².